The molecule has 0 unspecified atom stereocenters. The Morgan fingerprint density at radius 1 is 1.39 bits per heavy atom. The fourth-order valence-electron chi connectivity index (χ4n) is 1.79. The van der Waals surface area contributed by atoms with Crippen LogP contribution in [0.3, 0.4) is 0 Å². The summed E-state index contributed by atoms with van der Waals surface area (Å²) >= 11 is 1.65. The molecule has 0 aliphatic heterocycles. The summed E-state index contributed by atoms with van der Waals surface area (Å²) in [5.41, 5.74) is 8.06. The van der Waals surface area contributed by atoms with E-state index in [1.165, 1.54) is 0 Å². The first kappa shape index (κ1) is 12.6. The van der Waals surface area contributed by atoms with Gasteiger partial charge in [0.05, 0.1) is 12.1 Å². The van der Waals surface area contributed by atoms with Gasteiger partial charge in [0.1, 0.15) is 0 Å². The molecule has 1 aromatic carbocycles. The van der Waals surface area contributed by atoms with Crippen LogP contribution in [-0.2, 0) is 6.54 Å². The van der Waals surface area contributed by atoms with Crippen molar-refractivity contribution in [2.45, 2.75) is 13.5 Å². The molecule has 4 heteroatoms. The maximum absolute atomic E-state index is 12.3. The maximum atomic E-state index is 12.3. The van der Waals surface area contributed by atoms with Crippen LogP contribution < -0.4 is 5.73 Å². The minimum atomic E-state index is -0.0408. The number of nitrogens with two attached hydrogens (primary N) is 1. The lowest BCUT2D eigenvalue weighted by molar-refractivity contribution is 0.0787. The summed E-state index contributed by atoms with van der Waals surface area (Å²) in [5, 5.41) is 2.01. The van der Waals surface area contributed by atoms with E-state index < -0.39 is 0 Å². The minimum absolute atomic E-state index is 0.0408. The van der Waals surface area contributed by atoms with E-state index >= 15 is 0 Å². The van der Waals surface area contributed by atoms with Crippen molar-refractivity contribution in [3.8, 4) is 0 Å². The molecule has 0 aliphatic rings. The largest absolute Gasteiger partial charge is 0.398 e. The summed E-state index contributed by atoms with van der Waals surface area (Å²) in [5.74, 6) is -0.0408. The number of carbonyl (C=O) groups is 1. The zero-order chi connectivity index (χ0) is 13.1. The molecule has 0 atom stereocenters. The summed E-state index contributed by atoms with van der Waals surface area (Å²) in [6.45, 7) is 2.57. The lowest BCUT2D eigenvalue weighted by Crippen LogP contribution is -2.26. The first-order chi connectivity index (χ1) is 8.58. The molecule has 94 valence electrons. The standard InChI is InChI=1S/C14H16N2OS/c1-10-5-6-12(13(15)8-10)14(17)16(2)9-11-4-3-7-18-11/h3-8H,9,15H2,1-2H3. The zero-order valence-corrected chi connectivity index (χ0v) is 11.3. The van der Waals surface area contributed by atoms with Gasteiger partial charge in [0, 0.05) is 17.6 Å². The summed E-state index contributed by atoms with van der Waals surface area (Å²) in [6.07, 6.45) is 0. The first-order valence-electron chi connectivity index (χ1n) is 5.72. The van der Waals surface area contributed by atoms with Gasteiger partial charge in [-0.1, -0.05) is 12.1 Å². The van der Waals surface area contributed by atoms with Gasteiger partial charge >= 0.3 is 0 Å². The third-order valence-corrected chi connectivity index (χ3v) is 3.62. The van der Waals surface area contributed by atoms with Crippen LogP contribution in [0.4, 0.5) is 5.69 Å². The lowest BCUT2D eigenvalue weighted by atomic mass is 10.1. The monoisotopic (exact) mass is 260 g/mol. The smallest absolute Gasteiger partial charge is 0.256 e. The van der Waals surface area contributed by atoms with E-state index in [4.69, 9.17) is 5.73 Å². The van der Waals surface area contributed by atoms with Crippen molar-refractivity contribution in [1.82, 2.24) is 4.90 Å². The second kappa shape index (κ2) is 5.23. The van der Waals surface area contributed by atoms with E-state index in [1.807, 2.05) is 36.6 Å². The molecule has 18 heavy (non-hydrogen) atoms. The highest BCUT2D eigenvalue weighted by Crippen LogP contribution is 2.18. The van der Waals surface area contributed by atoms with E-state index in [0.29, 0.717) is 17.8 Å². The van der Waals surface area contributed by atoms with Crippen LogP contribution in [0, 0.1) is 6.92 Å². The highest BCUT2D eigenvalue weighted by molar-refractivity contribution is 7.09. The lowest BCUT2D eigenvalue weighted by Gasteiger charge is -2.17. The molecule has 2 N–H and O–H groups in total. The summed E-state index contributed by atoms with van der Waals surface area (Å²) in [6, 6.07) is 9.53. The van der Waals surface area contributed by atoms with Gasteiger partial charge in [-0.2, -0.15) is 0 Å². The van der Waals surface area contributed by atoms with Gasteiger partial charge in [0.25, 0.3) is 5.91 Å². The Kier molecular flexibility index (Phi) is 3.67. The molecule has 0 radical (unpaired) electrons. The number of carbonyl (C=O) groups excluding carboxylic acids is 1. The van der Waals surface area contributed by atoms with Gasteiger partial charge < -0.3 is 10.6 Å². The van der Waals surface area contributed by atoms with E-state index in [9.17, 15) is 4.79 Å². The van der Waals surface area contributed by atoms with Gasteiger partial charge in [0.2, 0.25) is 0 Å². The molecule has 1 aromatic heterocycles. The number of rotatable bonds is 3. The summed E-state index contributed by atoms with van der Waals surface area (Å²) in [4.78, 5) is 15.1. The number of benzene rings is 1. The highest BCUT2D eigenvalue weighted by atomic mass is 32.1. The van der Waals surface area contributed by atoms with Crippen molar-refractivity contribution in [1.29, 1.82) is 0 Å². The fraction of sp³-hybridized carbons (Fsp3) is 0.214. The molecule has 0 bridgehead atoms. The topological polar surface area (TPSA) is 46.3 Å². The molecule has 0 saturated carbocycles. The van der Waals surface area contributed by atoms with Crippen LogP contribution in [0.1, 0.15) is 20.8 Å². The van der Waals surface area contributed by atoms with E-state index in [2.05, 4.69) is 0 Å². The van der Waals surface area contributed by atoms with Gasteiger partial charge in [-0.15, -0.1) is 11.3 Å². The van der Waals surface area contributed by atoms with Crippen molar-refractivity contribution in [3.05, 3.63) is 51.7 Å². The number of anilines is 1. The second-order valence-corrected chi connectivity index (χ2v) is 5.36. The van der Waals surface area contributed by atoms with E-state index in [1.54, 1.807) is 29.4 Å². The number of aryl methyl sites for hydroxylation is 1. The maximum Gasteiger partial charge on any atom is 0.256 e. The molecule has 0 aliphatic carbocycles. The normalized spacial score (nSPS) is 10.3. The van der Waals surface area contributed by atoms with Crippen molar-refractivity contribution < 1.29 is 4.79 Å². The van der Waals surface area contributed by atoms with Crippen molar-refractivity contribution in [2.75, 3.05) is 12.8 Å². The minimum Gasteiger partial charge on any atom is -0.398 e. The molecule has 0 saturated heterocycles. The SMILES string of the molecule is Cc1ccc(C(=O)N(C)Cc2cccs2)c(N)c1. The number of amides is 1. The number of nitrogens with zero attached hydrogens (tertiary/aromatic N) is 1. The van der Waals surface area contributed by atoms with Crippen LogP contribution in [0.15, 0.2) is 35.7 Å². The van der Waals surface area contributed by atoms with E-state index in [0.717, 1.165) is 10.4 Å². The summed E-state index contributed by atoms with van der Waals surface area (Å²) < 4.78 is 0. The molecule has 3 nitrogen and oxygen atoms in total. The first-order valence-corrected chi connectivity index (χ1v) is 6.60. The molecule has 0 fully saturated rings. The van der Waals surface area contributed by atoms with Crippen LogP contribution in [-0.4, -0.2) is 17.9 Å². The predicted octanol–water partition coefficient (Wildman–Crippen LogP) is 2.91. The Morgan fingerprint density at radius 2 is 2.17 bits per heavy atom. The third kappa shape index (κ3) is 2.71. The Hall–Kier alpha value is -1.81. The number of hydrogen-bond acceptors (Lipinski definition) is 3. The Balaban J connectivity index is 2.15. The van der Waals surface area contributed by atoms with Gasteiger partial charge in [-0.05, 0) is 36.1 Å². The number of thiophene rings is 1. The van der Waals surface area contributed by atoms with Crippen LogP contribution in [0.25, 0.3) is 0 Å². The molecular weight excluding hydrogens is 244 g/mol. The Labute approximate surface area is 111 Å². The number of nitrogen functional groups attached to an aromatic ring is 1. The predicted molar refractivity (Wildman–Crippen MR) is 75.7 cm³/mol. The van der Waals surface area contributed by atoms with Gasteiger partial charge in [-0.25, -0.2) is 0 Å². The zero-order valence-electron chi connectivity index (χ0n) is 10.5. The number of hydrogen-bond donors (Lipinski definition) is 1. The molecule has 0 spiro atoms. The van der Waals surface area contributed by atoms with Gasteiger partial charge in [0.15, 0.2) is 0 Å². The molecular formula is C14H16N2OS. The quantitative estimate of drug-likeness (QED) is 0.862. The third-order valence-electron chi connectivity index (χ3n) is 2.76. The van der Waals surface area contributed by atoms with Crippen molar-refractivity contribution >= 4 is 22.9 Å². The Bertz CT molecular complexity index is 549. The van der Waals surface area contributed by atoms with Crippen LogP contribution in [0.2, 0.25) is 0 Å². The molecule has 1 amide bonds. The van der Waals surface area contributed by atoms with Crippen LogP contribution >= 0.6 is 11.3 Å². The van der Waals surface area contributed by atoms with E-state index in [-0.39, 0.29) is 5.91 Å². The highest BCUT2D eigenvalue weighted by Gasteiger charge is 2.15. The summed E-state index contributed by atoms with van der Waals surface area (Å²) in [7, 11) is 1.79. The average Bonchev–Trinajstić information content (AvgIpc) is 2.81. The van der Waals surface area contributed by atoms with Crippen molar-refractivity contribution in [3.63, 3.8) is 0 Å². The molecule has 1 heterocycles. The van der Waals surface area contributed by atoms with Gasteiger partial charge in [-0.3, -0.25) is 4.79 Å². The van der Waals surface area contributed by atoms with Crippen LogP contribution in [0.5, 0.6) is 0 Å². The fourth-order valence-corrected chi connectivity index (χ4v) is 2.55. The molecule has 2 rings (SSSR count). The van der Waals surface area contributed by atoms with Crippen molar-refractivity contribution in [2.24, 2.45) is 0 Å². The Morgan fingerprint density at radius 3 is 2.78 bits per heavy atom. The second-order valence-electron chi connectivity index (χ2n) is 4.33. The molecule has 2 aromatic rings. The average molecular weight is 260 g/mol.